The largest absolute Gasteiger partial charge is 0.434 e. The number of ether oxygens (including phenoxy) is 1. The molecule has 0 amide bonds. The summed E-state index contributed by atoms with van der Waals surface area (Å²) in [6, 6.07) is 16.4. The molecule has 0 aliphatic carbocycles. The van der Waals surface area contributed by atoms with Crippen molar-refractivity contribution in [3.05, 3.63) is 76.6 Å². The summed E-state index contributed by atoms with van der Waals surface area (Å²) in [4.78, 5) is 18.9. The average molecular weight is 336 g/mol. The molecule has 0 unspecified atom stereocenters. The van der Waals surface area contributed by atoms with E-state index in [0.717, 1.165) is 12.0 Å². The first-order valence-corrected chi connectivity index (χ1v) is 7.75. The fourth-order valence-corrected chi connectivity index (χ4v) is 2.26. The van der Waals surface area contributed by atoms with Crippen LogP contribution in [0.5, 0.6) is 11.6 Å². The molecule has 1 N–H and O–H groups in total. The van der Waals surface area contributed by atoms with E-state index >= 15 is 0 Å². The van der Waals surface area contributed by atoms with Crippen molar-refractivity contribution in [3.8, 4) is 11.6 Å². The summed E-state index contributed by atoms with van der Waals surface area (Å²) < 4.78 is 5.62. The van der Waals surface area contributed by atoms with Crippen molar-refractivity contribution >= 4 is 17.2 Å². The second kappa shape index (κ2) is 7.39. The van der Waals surface area contributed by atoms with Gasteiger partial charge in [0.2, 0.25) is 5.82 Å². The molecule has 126 valence electrons. The molecule has 0 aliphatic rings. The average Bonchev–Trinajstić information content (AvgIpc) is 2.63. The Morgan fingerprint density at radius 3 is 2.44 bits per heavy atom. The van der Waals surface area contributed by atoms with Gasteiger partial charge < -0.3 is 10.1 Å². The number of hydrogen-bond acceptors (Lipinski definition) is 6. The molecule has 0 bridgehead atoms. The minimum Gasteiger partial charge on any atom is -0.434 e. The standard InChI is InChI=1S/C18H16N4O3/c1-2-13-8-10-15(11-9-13)25-18-16(22(23)24)17(19-12-20-18)21-14-6-4-3-5-7-14/h3-12H,2H2,1H3,(H,19,20,21). The van der Waals surface area contributed by atoms with Gasteiger partial charge >= 0.3 is 11.6 Å². The molecule has 0 radical (unpaired) electrons. The van der Waals surface area contributed by atoms with Crippen LogP contribution >= 0.6 is 0 Å². The Hall–Kier alpha value is -3.48. The topological polar surface area (TPSA) is 90.2 Å². The van der Waals surface area contributed by atoms with Gasteiger partial charge in [0.1, 0.15) is 12.1 Å². The minimum atomic E-state index is -0.555. The first-order valence-electron chi connectivity index (χ1n) is 7.75. The van der Waals surface area contributed by atoms with Crippen molar-refractivity contribution in [1.82, 2.24) is 9.97 Å². The molecule has 25 heavy (non-hydrogen) atoms. The molecule has 2 aromatic carbocycles. The van der Waals surface area contributed by atoms with Crippen molar-refractivity contribution in [2.24, 2.45) is 0 Å². The van der Waals surface area contributed by atoms with Gasteiger partial charge in [0.25, 0.3) is 0 Å². The quantitative estimate of drug-likeness (QED) is 0.527. The monoisotopic (exact) mass is 336 g/mol. The third-order valence-electron chi connectivity index (χ3n) is 3.55. The van der Waals surface area contributed by atoms with Gasteiger partial charge in [0.05, 0.1) is 4.92 Å². The van der Waals surface area contributed by atoms with Crippen LogP contribution in [0.4, 0.5) is 17.2 Å². The van der Waals surface area contributed by atoms with Crippen molar-refractivity contribution in [3.63, 3.8) is 0 Å². The van der Waals surface area contributed by atoms with Gasteiger partial charge in [-0.2, -0.15) is 4.98 Å². The third kappa shape index (κ3) is 3.89. The molecule has 0 aliphatic heterocycles. The highest BCUT2D eigenvalue weighted by atomic mass is 16.6. The number of nitrogens with zero attached hydrogens (tertiary/aromatic N) is 3. The molecule has 0 atom stereocenters. The Morgan fingerprint density at radius 1 is 1.08 bits per heavy atom. The number of para-hydroxylation sites is 1. The zero-order valence-corrected chi connectivity index (χ0v) is 13.5. The molecular formula is C18H16N4O3. The minimum absolute atomic E-state index is 0.0754. The summed E-state index contributed by atoms with van der Waals surface area (Å²) in [6.07, 6.45) is 2.13. The van der Waals surface area contributed by atoms with Crippen molar-refractivity contribution in [2.75, 3.05) is 5.32 Å². The summed E-state index contributed by atoms with van der Waals surface area (Å²) in [7, 11) is 0. The Balaban J connectivity index is 1.93. The maximum atomic E-state index is 11.5. The van der Waals surface area contributed by atoms with E-state index in [9.17, 15) is 10.1 Å². The van der Waals surface area contributed by atoms with Gasteiger partial charge in [-0.3, -0.25) is 10.1 Å². The maximum Gasteiger partial charge on any atom is 0.373 e. The van der Waals surface area contributed by atoms with Crippen molar-refractivity contribution in [1.29, 1.82) is 0 Å². The van der Waals surface area contributed by atoms with Gasteiger partial charge in [-0.15, -0.1) is 0 Å². The number of aromatic nitrogens is 2. The molecule has 7 heteroatoms. The number of benzene rings is 2. The number of anilines is 2. The lowest BCUT2D eigenvalue weighted by atomic mass is 10.2. The third-order valence-corrected chi connectivity index (χ3v) is 3.55. The molecular weight excluding hydrogens is 320 g/mol. The molecule has 0 spiro atoms. The van der Waals surface area contributed by atoms with E-state index in [1.165, 1.54) is 6.33 Å². The SMILES string of the molecule is CCc1ccc(Oc2ncnc(Nc3ccccc3)c2[N+](=O)[O-])cc1. The summed E-state index contributed by atoms with van der Waals surface area (Å²) in [5.41, 5.74) is 1.52. The van der Waals surface area contributed by atoms with Crippen LogP contribution in [0.1, 0.15) is 12.5 Å². The fraction of sp³-hybridized carbons (Fsp3) is 0.111. The highest BCUT2D eigenvalue weighted by Gasteiger charge is 2.25. The van der Waals surface area contributed by atoms with Crippen LogP contribution in [0.15, 0.2) is 60.9 Å². The van der Waals surface area contributed by atoms with Crippen LogP contribution in [0.2, 0.25) is 0 Å². The van der Waals surface area contributed by atoms with Gasteiger partial charge in [-0.05, 0) is 36.2 Å². The molecule has 3 aromatic rings. The van der Waals surface area contributed by atoms with Gasteiger partial charge in [-0.1, -0.05) is 37.3 Å². The predicted octanol–water partition coefficient (Wildman–Crippen LogP) is 4.48. The molecule has 0 fully saturated rings. The Bertz CT molecular complexity index is 867. The van der Waals surface area contributed by atoms with E-state index in [4.69, 9.17) is 4.74 Å². The van der Waals surface area contributed by atoms with Crippen LogP contribution in [0.25, 0.3) is 0 Å². The van der Waals surface area contributed by atoms with Crippen molar-refractivity contribution in [2.45, 2.75) is 13.3 Å². The molecule has 1 heterocycles. The van der Waals surface area contributed by atoms with E-state index < -0.39 is 4.92 Å². The summed E-state index contributed by atoms with van der Waals surface area (Å²) >= 11 is 0. The van der Waals surface area contributed by atoms with Gasteiger partial charge in [0, 0.05) is 5.69 Å². The zero-order valence-electron chi connectivity index (χ0n) is 13.5. The molecule has 7 nitrogen and oxygen atoms in total. The van der Waals surface area contributed by atoms with E-state index in [0.29, 0.717) is 11.4 Å². The van der Waals surface area contributed by atoms with E-state index in [-0.39, 0.29) is 17.4 Å². The van der Waals surface area contributed by atoms with Crippen LogP contribution in [0, 0.1) is 10.1 Å². The van der Waals surface area contributed by atoms with E-state index in [2.05, 4.69) is 15.3 Å². The first-order chi connectivity index (χ1) is 12.2. The predicted molar refractivity (Wildman–Crippen MR) is 94.3 cm³/mol. The van der Waals surface area contributed by atoms with Crippen LogP contribution in [0.3, 0.4) is 0 Å². The van der Waals surface area contributed by atoms with Crippen molar-refractivity contribution < 1.29 is 9.66 Å². The normalized spacial score (nSPS) is 10.3. The molecule has 1 aromatic heterocycles. The first kappa shape index (κ1) is 16.4. The summed E-state index contributed by atoms with van der Waals surface area (Å²) in [6.45, 7) is 2.05. The van der Waals surface area contributed by atoms with Gasteiger partial charge in [-0.25, -0.2) is 4.98 Å². The summed E-state index contributed by atoms with van der Waals surface area (Å²) in [5, 5.41) is 14.5. The lowest BCUT2D eigenvalue weighted by Gasteiger charge is -2.09. The molecule has 0 saturated carbocycles. The maximum absolute atomic E-state index is 11.5. The fourth-order valence-electron chi connectivity index (χ4n) is 2.26. The van der Waals surface area contributed by atoms with Crippen LogP contribution in [-0.2, 0) is 6.42 Å². The second-order valence-corrected chi connectivity index (χ2v) is 5.22. The Kier molecular flexibility index (Phi) is 4.84. The molecule has 3 rings (SSSR count). The van der Waals surface area contributed by atoms with E-state index in [1.54, 1.807) is 24.3 Å². The number of aryl methyl sites for hydroxylation is 1. The lowest BCUT2D eigenvalue weighted by molar-refractivity contribution is -0.385. The van der Waals surface area contributed by atoms with Crippen LogP contribution in [-0.4, -0.2) is 14.9 Å². The van der Waals surface area contributed by atoms with Crippen LogP contribution < -0.4 is 10.1 Å². The number of nitro groups is 1. The number of hydrogen-bond donors (Lipinski definition) is 1. The highest BCUT2D eigenvalue weighted by molar-refractivity contribution is 5.68. The number of nitrogens with one attached hydrogen (secondary N) is 1. The highest BCUT2D eigenvalue weighted by Crippen LogP contribution is 2.35. The lowest BCUT2D eigenvalue weighted by Crippen LogP contribution is -2.03. The smallest absolute Gasteiger partial charge is 0.373 e. The summed E-state index contributed by atoms with van der Waals surface area (Å²) in [5.74, 6) is 0.443. The zero-order chi connectivity index (χ0) is 17.6. The Labute approximate surface area is 144 Å². The number of rotatable bonds is 6. The Morgan fingerprint density at radius 2 is 1.80 bits per heavy atom. The van der Waals surface area contributed by atoms with E-state index in [1.807, 2.05) is 37.3 Å². The molecule has 0 saturated heterocycles. The second-order valence-electron chi connectivity index (χ2n) is 5.22. The van der Waals surface area contributed by atoms with Gasteiger partial charge in [0.15, 0.2) is 0 Å².